The number of unbranched alkanes of at least 4 members (excludes halogenated alkanes) is 3. The molecule has 22 heavy (non-hydrogen) atoms. The van der Waals surface area contributed by atoms with Gasteiger partial charge in [0.25, 0.3) is 0 Å². The first-order valence-corrected chi connectivity index (χ1v) is 7.41. The Kier molecular flexibility index (Phi) is 10.8. The van der Waals surface area contributed by atoms with Crippen molar-refractivity contribution in [3.05, 3.63) is 17.2 Å². The molecule has 0 atom stereocenters. The van der Waals surface area contributed by atoms with E-state index in [-0.39, 0.29) is 18.3 Å². The molecule has 0 spiro atoms. The van der Waals surface area contributed by atoms with E-state index >= 15 is 0 Å². The summed E-state index contributed by atoms with van der Waals surface area (Å²) in [6.45, 7) is 0.702. The maximum atomic E-state index is 11.9. The van der Waals surface area contributed by atoms with Crippen molar-refractivity contribution in [3.63, 3.8) is 0 Å². The summed E-state index contributed by atoms with van der Waals surface area (Å²) in [6, 6.07) is 3.28. The SMILES string of the molecule is COc1cc(NC(=O)CCCCCCN)c(OC)cc1Cl.Cl. The number of nitrogens with two attached hydrogens (primary N) is 1. The van der Waals surface area contributed by atoms with Crippen LogP contribution in [0.3, 0.4) is 0 Å². The molecule has 0 aromatic heterocycles. The average Bonchev–Trinajstić information content (AvgIpc) is 2.48. The molecule has 1 aromatic rings. The first-order valence-electron chi connectivity index (χ1n) is 7.03. The van der Waals surface area contributed by atoms with E-state index in [1.807, 2.05) is 0 Å². The third-order valence-electron chi connectivity index (χ3n) is 3.11. The summed E-state index contributed by atoms with van der Waals surface area (Å²) in [5, 5.41) is 3.27. The number of hydrogen-bond acceptors (Lipinski definition) is 4. The van der Waals surface area contributed by atoms with Gasteiger partial charge in [0.05, 0.1) is 24.9 Å². The largest absolute Gasteiger partial charge is 0.495 e. The molecule has 0 saturated heterocycles. The molecular formula is C15H24Cl2N2O3. The zero-order chi connectivity index (χ0) is 15.7. The molecule has 0 heterocycles. The molecule has 1 amide bonds. The molecule has 126 valence electrons. The monoisotopic (exact) mass is 350 g/mol. The highest BCUT2D eigenvalue weighted by Gasteiger charge is 2.12. The number of halogens is 2. The van der Waals surface area contributed by atoms with Crippen molar-refractivity contribution in [2.45, 2.75) is 32.1 Å². The van der Waals surface area contributed by atoms with E-state index in [4.69, 9.17) is 26.8 Å². The van der Waals surface area contributed by atoms with Gasteiger partial charge >= 0.3 is 0 Å². The molecule has 1 aromatic carbocycles. The lowest BCUT2D eigenvalue weighted by atomic mass is 10.1. The van der Waals surface area contributed by atoms with Crippen molar-refractivity contribution >= 4 is 35.6 Å². The summed E-state index contributed by atoms with van der Waals surface area (Å²) >= 11 is 6.02. The summed E-state index contributed by atoms with van der Waals surface area (Å²) in [5.41, 5.74) is 5.99. The quantitative estimate of drug-likeness (QED) is 0.667. The average molecular weight is 351 g/mol. The number of ether oxygens (including phenoxy) is 2. The molecule has 0 bridgehead atoms. The maximum Gasteiger partial charge on any atom is 0.224 e. The Labute approximate surface area is 142 Å². The second kappa shape index (κ2) is 11.4. The van der Waals surface area contributed by atoms with E-state index in [1.165, 1.54) is 14.2 Å². The number of amides is 1. The minimum absolute atomic E-state index is 0. The first-order chi connectivity index (χ1) is 10.1. The molecule has 0 fully saturated rings. The molecule has 0 aliphatic carbocycles. The van der Waals surface area contributed by atoms with Crippen molar-refractivity contribution in [3.8, 4) is 11.5 Å². The zero-order valence-corrected chi connectivity index (χ0v) is 14.6. The minimum atomic E-state index is -0.0505. The van der Waals surface area contributed by atoms with E-state index in [9.17, 15) is 4.79 Å². The highest BCUT2D eigenvalue weighted by atomic mass is 35.5. The van der Waals surface area contributed by atoms with Gasteiger partial charge in [-0.15, -0.1) is 12.4 Å². The lowest BCUT2D eigenvalue weighted by Crippen LogP contribution is -2.12. The van der Waals surface area contributed by atoms with Crippen LogP contribution in [0.2, 0.25) is 5.02 Å². The van der Waals surface area contributed by atoms with Gasteiger partial charge in [-0.1, -0.05) is 24.4 Å². The van der Waals surface area contributed by atoms with Crippen LogP contribution in [-0.4, -0.2) is 26.7 Å². The highest BCUT2D eigenvalue weighted by Crippen LogP contribution is 2.35. The molecule has 7 heteroatoms. The smallest absolute Gasteiger partial charge is 0.224 e. The zero-order valence-electron chi connectivity index (χ0n) is 13.0. The Hall–Kier alpha value is -1.17. The number of anilines is 1. The number of nitrogens with one attached hydrogen (secondary N) is 1. The van der Waals surface area contributed by atoms with E-state index in [2.05, 4.69) is 5.32 Å². The fraction of sp³-hybridized carbons (Fsp3) is 0.533. The summed E-state index contributed by atoms with van der Waals surface area (Å²) in [5.74, 6) is 0.957. The van der Waals surface area contributed by atoms with Gasteiger partial charge in [-0.25, -0.2) is 0 Å². The first kappa shape index (κ1) is 20.8. The van der Waals surface area contributed by atoms with Crippen molar-refractivity contribution in [2.75, 3.05) is 26.1 Å². The van der Waals surface area contributed by atoms with Crippen LogP contribution < -0.4 is 20.5 Å². The predicted octanol–water partition coefficient (Wildman–Crippen LogP) is 3.63. The Morgan fingerprint density at radius 1 is 1.14 bits per heavy atom. The Balaban J connectivity index is 0.00000441. The van der Waals surface area contributed by atoms with Gasteiger partial charge in [-0.05, 0) is 19.4 Å². The van der Waals surface area contributed by atoms with E-state index < -0.39 is 0 Å². The molecule has 5 nitrogen and oxygen atoms in total. The summed E-state index contributed by atoms with van der Waals surface area (Å²) in [4.78, 5) is 11.9. The van der Waals surface area contributed by atoms with Crippen LogP contribution in [0.1, 0.15) is 32.1 Å². The van der Waals surface area contributed by atoms with Gasteiger partial charge < -0.3 is 20.5 Å². The van der Waals surface area contributed by atoms with E-state index in [0.29, 0.717) is 35.2 Å². The molecule has 0 radical (unpaired) electrons. The van der Waals surface area contributed by atoms with E-state index in [0.717, 1.165) is 25.7 Å². The van der Waals surface area contributed by atoms with Crippen molar-refractivity contribution in [1.82, 2.24) is 0 Å². The molecular weight excluding hydrogens is 327 g/mol. The summed E-state index contributed by atoms with van der Waals surface area (Å²) in [7, 11) is 3.05. The Morgan fingerprint density at radius 2 is 1.77 bits per heavy atom. The lowest BCUT2D eigenvalue weighted by molar-refractivity contribution is -0.116. The Morgan fingerprint density at radius 3 is 2.36 bits per heavy atom. The van der Waals surface area contributed by atoms with Gasteiger partial charge in [0, 0.05) is 18.6 Å². The number of carbonyl (C=O) groups is 1. The standard InChI is InChI=1S/C15H23ClN2O3.ClH/c1-20-13-10-12(14(21-2)9-11(13)16)18-15(19)7-5-3-4-6-8-17;/h9-10H,3-8,17H2,1-2H3,(H,18,19);1H. The molecule has 0 aliphatic rings. The molecule has 3 N–H and O–H groups in total. The summed E-state index contributed by atoms with van der Waals surface area (Å²) < 4.78 is 10.4. The third kappa shape index (κ3) is 6.73. The van der Waals surface area contributed by atoms with Gasteiger partial charge in [-0.3, -0.25) is 4.79 Å². The molecule has 0 saturated carbocycles. The summed E-state index contributed by atoms with van der Waals surface area (Å²) in [6.07, 6.45) is 4.38. The van der Waals surface area contributed by atoms with Crippen molar-refractivity contribution in [1.29, 1.82) is 0 Å². The predicted molar refractivity (Wildman–Crippen MR) is 92.6 cm³/mol. The van der Waals surface area contributed by atoms with Crippen LogP contribution in [-0.2, 0) is 4.79 Å². The second-order valence-electron chi connectivity index (χ2n) is 4.69. The van der Waals surface area contributed by atoms with Gasteiger partial charge in [-0.2, -0.15) is 0 Å². The van der Waals surface area contributed by atoms with Crippen LogP contribution in [0.15, 0.2) is 12.1 Å². The normalized spacial score (nSPS) is 9.82. The topological polar surface area (TPSA) is 73.6 Å². The van der Waals surface area contributed by atoms with Gasteiger partial charge in [0.2, 0.25) is 5.91 Å². The maximum absolute atomic E-state index is 11.9. The fourth-order valence-electron chi connectivity index (χ4n) is 1.95. The molecule has 0 unspecified atom stereocenters. The Bertz CT molecular complexity index is 470. The van der Waals surface area contributed by atoms with Crippen LogP contribution in [0.4, 0.5) is 5.69 Å². The second-order valence-corrected chi connectivity index (χ2v) is 5.10. The van der Waals surface area contributed by atoms with Gasteiger partial charge in [0.1, 0.15) is 11.5 Å². The van der Waals surface area contributed by atoms with Crippen molar-refractivity contribution < 1.29 is 14.3 Å². The fourth-order valence-corrected chi connectivity index (χ4v) is 2.19. The van der Waals surface area contributed by atoms with Crippen LogP contribution in [0.25, 0.3) is 0 Å². The molecule has 0 aliphatic heterocycles. The third-order valence-corrected chi connectivity index (χ3v) is 3.40. The highest BCUT2D eigenvalue weighted by molar-refractivity contribution is 6.32. The minimum Gasteiger partial charge on any atom is -0.495 e. The number of hydrogen-bond donors (Lipinski definition) is 2. The number of rotatable bonds is 9. The van der Waals surface area contributed by atoms with Crippen molar-refractivity contribution in [2.24, 2.45) is 5.73 Å². The number of benzene rings is 1. The van der Waals surface area contributed by atoms with Crippen LogP contribution >= 0.6 is 24.0 Å². The van der Waals surface area contributed by atoms with Gasteiger partial charge in [0.15, 0.2) is 0 Å². The lowest BCUT2D eigenvalue weighted by Gasteiger charge is -2.13. The van der Waals surface area contributed by atoms with Crippen LogP contribution in [0.5, 0.6) is 11.5 Å². The molecule has 1 rings (SSSR count). The van der Waals surface area contributed by atoms with E-state index in [1.54, 1.807) is 12.1 Å². The number of methoxy groups -OCH3 is 2. The van der Waals surface area contributed by atoms with Crippen LogP contribution in [0, 0.1) is 0 Å². The number of carbonyl (C=O) groups excluding carboxylic acids is 1.